The molecule has 0 N–H and O–H groups in total. The van der Waals surface area contributed by atoms with Gasteiger partial charge in [-0.2, -0.15) is 0 Å². The Bertz CT molecular complexity index is 87.6. The standard InChI is InChI=1S/C9H20O2/c1-5-9(3,10-4)7-8-11-6-2/h5-8H2,1-4H3. The predicted octanol–water partition coefficient (Wildman–Crippen LogP) is 2.23. The number of methoxy groups -OCH3 is 1. The van der Waals surface area contributed by atoms with Crippen LogP contribution >= 0.6 is 0 Å². The molecule has 2 nitrogen and oxygen atoms in total. The third kappa shape index (κ3) is 4.38. The highest BCUT2D eigenvalue weighted by Crippen LogP contribution is 2.18. The SMILES string of the molecule is CCOCCC(C)(CC)OC. The Morgan fingerprint density at radius 1 is 1.27 bits per heavy atom. The van der Waals surface area contributed by atoms with Crippen LogP contribution in [0.4, 0.5) is 0 Å². The van der Waals surface area contributed by atoms with E-state index in [9.17, 15) is 0 Å². The lowest BCUT2D eigenvalue weighted by atomic mass is 10.00. The Morgan fingerprint density at radius 3 is 2.27 bits per heavy atom. The summed E-state index contributed by atoms with van der Waals surface area (Å²) in [7, 11) is 1.76. The van der Waals surface area contributed by atoms with E-state index in [4.69, 9.17) is 9.47 Å². The molecular formula is C9H20O2. The summed E-state index contributed by atoms with van der Waals surface area (Å²) in [6.07, 6.45) is 2.02. The summed E-state index contributed by atoms with van der Waals surface area (Å²) in [4.78, 5) is 0. The molecule has 0 heterocycles. The van der Waals surface area contributed by atoms with Crippen LogP contribution < -0.4 is 0 Å². The quantitative estimate of drug-likeness (QED) is 0.555. The summed E-state index contributed by atoms with van der Waals surface area (Å²) < 4.78 is 10.6. The molecule has 0 aliphatic rings. The van der Waals surface area contributed by atoms with Crippen molar-refractivity contribution in [3.8, 4) is 0 Å². The normalized spacial score (nSPS) is 16.4. The number of ether oxygens (including phenoxy) is 2. The second kappa shape index (κ2) is 5.56. The molecule has 0 amide bonds. The highest BCUT2D eigenvalue weighted by Gasteiger charge is 2.19. The fourth-order valence-electron chi connectivity index (χ4n) is 0.856. The Morgan fingerprint density at radius 2 is 1.91 bits per heavy atom. The minimum absolute atomic E-state index is 0.00910. The Kier molecular flexibility index (Phi) is 5.51. The summed E-state index contributed by atoms with van der Waals surface area (Å²) >= 11 is 0. The number of hydrogen-bond donors (Lipinski definition) is 0. The van der Waals surface area contributed by atoms with Crippen LogP contribution in [0.5, 0.6) is 0 Å². The van der Waals surface area contributed by atoms with Crippen molar-refractivity contribution >= 4 is 0 Å². The molecular weight excluding hydrogens is 140 g/mol. The first-order valence-electron chi connectivity index (χ1n) is 4.31. The van der Waals surface area contributed by atoms with Gasteiger partial charge in [-0.1, -0.05) is 6.92 Å². The molecule has 0 fully saturated rings. The van der Waals surface area contributed by atoms with Gasteiger partial charge < -0.3 is 9.47 Å². The molecule has 0 rings (SSSR count). The maximum absolute atomic E-state index is 5.35. The first-order valence-corrected chi connectivity index (χ1v) is 4.31. The van der Waals surface area contributed by atoms with E-state index in [0.29, 0.717) is 0 Å². The molecule has 0 aliphatic carbocycles. The number of rotatable bonds is 6. The fraction of sp³-hybridized carbons (Fsp3) is 1.00. The van der Waals surface area contributed by atoms with Crippen molar-refractivity contribution < 1.29 is 9.47 Å². The Balaban J connectivity index is 3.51. The lowest BCUT2D eigenvalue weighted by molar-refractivity contribution is -0.0249. The third-order valence-electron chi connectivity index (χ3n) is 2.22. The largest absolute Gasteiger partial charge is 0.382 e. The molecule has 68 valence electrons. The van der Waals surface area contributed by atoms with Gasteiger partial charge in [0.15, 0.2) is 0 Å². The average Bonchev–Trinajstić information content (AvgIpc) is 2.05. The average molecular weight is 160 g/mol. The Hall–Kier alpha value is -0.0800. The van der Waals surface area contributed by atoms with Crippen molar-refractivity contribution in [2.45, 2.75) is 39.2 Å². The summed E-state index contributed by atoms with van der Waals surface area (Å²) in [5, 5.41) is 0. The molecule has 0 bridgehead atoms. The van der Waals surface area contributed by atoms with Crippen LogP contribution in [0.15, 0.2) is 0 Å². The lowest BCUT2D eigenvalue weighted by Gasteiger charge is -2.26. The fourth-order valence-corrected chi connectivity index (χ4v) is 0.856. The maximum Gasteiger partial charge on any atom is 0.0670 e. The molecule has 0 aliphatic heterocycles. The molecule has 0 spiro atoms. The monoisotopic (exact) mass is 160 g/mol. The van der Waals surface area contributed by atoms with Gasteiger partial charge in [-0.05, 0) is 26.7 Å². The van der Waals surface area contributed by atoms with Crippen molar-refractivity contribution in [3.63, 3.8) is 0 Å². The van der Waals surface area contributed by atoms with Crippen LogP contribution in [-0.4, -0.2) is 25.9 Å². The summed E-state index contributed by atoms with van der Waals surface area (Å²) in [6.45, 7) is 7.86. The number of hydrogen-bond acceptors (Lipinski definition) is 2. The van der Waals surface area contributed by atoms with Crippen LogP contribution in [0.3, 0.4) is 0 Å². The molecule has 2 heteroatoms. The van der Waals surface area contributed by atoms with Crippen molar-refractivity contribution in [2.24, 2.45) is 0 Å². The van der Waals surface area contributed by atoms with Gasteiger partial charge in [0.1, 0.15) is 0 Å². The molecule has 0 aromatic carbocycles. The van der Waals surface area contributed by atoms with Gasteiger partial charge in [0.2, 0.25) is 0 Å². The van der Waals surface area contributed by atoms with Gasteiger partial charge in [-0.3, -0.25) is 0 Å². The molecule has 1 unspecified atom stereocenters. The summed E-state index contributed by atoms with van der Waals surface area (Å²) in [6, 6.07) is 0. The predicted molar refractivity (Wildman–Crippen MR) is 46.8 cm³/mol. The molecule has 0 aromatic heterocycles. The van der Waals surface area contributed by atoms with Crippen molar-refractivity contribution in [3.05, 3.63) is 0 Å². The van der Waals surface area contributed by atoms with Gasteiger partial charge >= 0.3 is 0 Å². The van der Waals surface area contributed by atoms with Crippen molar-refractivity contribution in [1.29, 1.82) is 0 Å². The minimum Gasteiger partial charge on any atom is -0.382 e. The van der Waals surface area contributed by atoms with E-state index in [2.05, 4.69) is 13.8 Å². The molecule has 11 heavy (non-hydrogen) atoms. The highest BCUT2D eigenvalue weighted by atomic mass is 16.5. The molecule has 0 saturated heterocycles. The third-order valence-corrected chi connectivity index (χ3v) is 2.22. The van der Waals surface area contributed by atoms with Gasteiger partial charge in [-0.15, -0.1) is 0 Å². The molecule has 1 atom stereocenters. The van der Waals surface area contributed by atoms with E-state index in [1.165, 1.54) is 0 Å². The van der Waals surface area contributed by atoms with E-state index < -0.39 is 0 Å². The van der Waals surface area contributed by atoms with Crippen LogP contribution in [0.2, 0.25) is 0 Å². The summed E-state index contributed by atoms with van der Waals surface area (Å²) in [5.74, 6) is 0. The van der Waals surface area contributed by atoms with Gasteiger partial charge in [0, 0.05) is 20.3 Å². The lowest BCUT2D eigenvalue weighted by Crippen LogP contribution is -2.27. The zero-order chi connectivity index (χ0) is 8.74. The zero-order valence-electron chi connectivity index (χ0n) is 8.14. The first kappa shape index (κ1) is 10.9. The van der Waals surface area contributed by atoms with Crippen LogP contribution in [-0.2, 0) is 9.47 Å². The molecule has 0 radical (unpaired) electrons. The smallest absolute Gasteiger partial charge is 0.0670 e. The van der Waals surface area contributed by atoms with Crippen LogP contribution in [0, 0.1) is 0 Å². The first-order chi connectivity index (χ1) is 5.18. The van der Waals surface area contributed by atoms with E-state index in [0.717, 1.165) is 26.1 Å². The van der Waals surface area contributed by atoms with Crippen molar-refractivity contribution in [1.82, 2.24) is 0 Å². The highest BCUT2D eigenvalue weighted by molar-refractivity contribution is 4.71. The maximum atomic E-state index is 5.35. The van der Waals surface area contributed by atoms with E-state index in [-0.39, 0.29) is 5.60 Å². The van der Waals surface area contributed by atoms with Crippen LogP contribution in [0.1, 0.15) is 33.6 Å². The van der Waals surface area contributed by atoms with E-state index in [1.54, 1.807) is 7.11 Å². The van der Waals surface area contributed by atoms with Gasteiger partial charge in [-0.25, -0.2) is 0 Å². The Labute approximate surface area is 69.9 Å². The molecule has 0 saturated carbocycles. The van der Waals surface area contributed by atoms with Crippen LogP contribution in [0.25, 0.3) is 0 Å². The van der Waals surface area contributed by atoms with Gasteiger partial charge in [0.25, 0.3) is 0 Å². The van der Waals surface area contributed by atoms with Crippen molar-refractivity contribution in [2.75, 3.05) is 20.3 Å². The molecule has 0 aromatic rings. The van der Waals surface area contributed by atoms with Gasteiger partial charge in [0.05, 0.1) is 5.60 Å². The van der Waals surface area contributed by atoms with E-state index >= 15 is 0 Å². The van der Waals surface area contributed by atoms with E-state index in [1.807, 2.05) is 6.92 Å². The summed E-state index contributed by atoms with van der Waals surface area (Å²) in [5.41, 5.74) is 0.00910. The topological polar surface area (TPSA) is 18.5 Å². The second-order valence-electron chi connectivity index (χ2n) is 2.95. The second-order valence-corrected chi connectivity index (χ2v) is 2.95. The minimum atomic E-state index is 0.00910. The zero-order valence-corrected chi connectivity index (χ0v) is 8.14.